The van der Waals surface area contributed by atoms with Gasteiger partial charge in [0.25, 0.3) is 0 Å². The van der Waals surface area contributed by atoms with Crippen LogP contribution in [0.25, 0.3) is 0 Å². The fourth-order valence-electron chi connectivity index (χ4n) is 4.12. The van der Waals surface area contributed by atoms with Crippen LogP contribution in [-0.4, -0.2) is 11.8 Å². The van der Waals surface area contributed by atoms with Gasteiger partial charge >= 0.3 is 5.97 Å². The van der Waals surface area contributed by atoms with Crippen LogP contribution in [0, 0.1) is 5.92 Å². The van der Waals surface area contributed by atoms with E-state index in [4.69, 9.17) is 4.74 Å². The first-order valence-electron chi connectivity index (χ1n) is 10.1. The average molecular weight is 384 g/mol. The van der Waals surface area contributed by atoms with Crippen molar-refractivity contribution in [1.29, 1.82) is 0 Å². The molecule has 0 N–H and O–H groups in total. The third kappa shape index (κ3) is 4.00. The van der Waals surface area contributed by atoms with E-state index in [0.29, 0.717) is 6.42 Å². The molecule has 1 aliphatic heterocycles. The molecule has 1 unspecified atom stereocenters. The van der Waals surface area contributed by atoms with Crippen LogP contribution in [0.3, 0.4) is 0 Å². The van der Waals surface area contributed by atoms with Gasteiger partial charge in [0.05, 0.1) is 6.42 Å². The minimum Gasteiger partial charge on any atom is -0.448 e. The Labute approximate surface area is 171 Å². The standard InChI is InChI=1S/C26H24O3/c27-24-19-26(21-14-6-2-7-15-21,22-16-8-3-9-17-22)29-25(28)23(24)18-10-13-20-11-4-1-5-12-20/h1-9,11-12,14-17,23H,10,13,18-19H2. The van der Waals surface area contributed by atoms with Crippen LogP contribution in [0.15, 0.2) is 91.0 Å². The minimum atomic E-state index is -1.05. The molecule has 0 saturated carbocycles. The zero-order valence-electron chi connectivity index (χ0n) is 16.3. The molecule has 146 valence electrons. The van der Waals surface area contributed by atoms with Gasteiger partial charge < -0.3 is 4.74 Å². The summed E-state index contributed by atoms with van der Waals surface area (Å²) < 4.78 is 6.07. The highest BCUT2D eigenvalue weighted by Gasteiger charge is 2.48. The van der Waals surface area contributed by atoms with E-state index in [9.17, 15) is 9.59 Å². The van der Waals surface area contributed by atoms with E-state index < -0.39 is 17.5 Å². The number of carbonyl (C=O) groups is 2. The molecule has 3 heteroatoms. The Balaban J connectivity index is 1.55. The maximum atomic E-state index is 13.1. The van der Waals surface area contributed by atoms with Crippen LogP contribution in [0.2, 0.25) is 0 Å². The van der Waals surface area contributed by atoms with Gasteiger partial charge in [-0.1, -0.05) is 91.0 Å². The first-order valence-corrected chi connectivity index (χ1v) is 10.1. The van der Waals surface area contributed by atoms with Gasteiger partial charge in [-0.2, -0.15) is 0 Å². The second-order valence-corrected chi connectivity index (χ2v) is 7.55. The van der Waals surface area contributed by atoms with Crippen molar-refractivity contribution in [2.45, 2.75) is 31.3 Å². The summed E-state index contributed by atoms with van der Waals surface area (Å²) in [5, 5.41) is 0. The van der Waals surface area contributed by atoms with E-state index in [0.717, 1.165) is 24.0 Å². The molecule has 1 aliphatic rings. The quantitative estimate of drug-likeness (QED) is 0.439. The molecule has 29 heavy (non-hydrogen) atoms. The fourth-order valence-corrected chi connectivity index (χ4v) is 4.12. The van der Waals surface area contributed by atoms with Gasteiger partial charge in [-0.3, -0.25) is 9.59 Å². The van der Waals surface area contributed by atoms with Crippen LogP contribution in [0.4, 0.5) is 0 Å². The molecule has 3 nitrogen and oxygen atoms in total. The third-order valence-corrected chi connectivity index (χ3v) is 5.65. The van der Waals surface area contributed by atoms with E-state index in [1.165, 1.54) is 5.56 Å². The van der Waals surface area contributed by atoms with Crippen molar-refractivity contribution >= 4 is 11.8 Å². The summed E-state index contributed by atoms with van der Waals surface area (Å²) in [7, 11) is 0. The van der Waals surface area contributed by atoms with E-state index in [-0.39, 0.29) is 12.2 Å². The predicted octanol–water partition coefficient (Wildman–Crippen LogP) is 5.09. The zero-order chi connectivity index (χ0) is 20.1. The Bertz CT molecular complexity index is 905. The number of esters is 1. The lowest BCUT2D eigenvalue weighted by Gasteiger charge is -2.39. The average Bonchev–Trinajstić information content (AvgIpc) is 2.77. The first-order chi connectivity index (χ1) is 14.2. The minimum absolute atomic E-state index is 0.0398. The number of aryl methyl sites for hydroxylation is 1. The van der Waals surface area contributed by atoms with E-state index >= 15 is 0 Å². The molecule has 0 radical (unpaired) electrons. The van der Waals surface area contributed by atoms with Gasteiger partial charge in [0.15, 0.2) is 11.4 Å². The Morgan fingerprint density at radius 3 is 1.79 bits per heavy atom. The van der Waals surface area contributed by atoms with Crippen molar-refractivity contribution in [2.24, 2.45) is 5.92 Å². The highest BCUT2D eigenvalue weighted by molar-refractivity contribution is 6.02. The van der Waals surface area contributed by atoms with Gasteiger partial charge in [-0.15, -0.1) is 0 Å². The molecular formula is C26H24O3. The lowest BCUT2D eigenvalue weighted by molar-refractivity contribution is -0.174. The molecule has 0 amide bonds. The Hall–Kier alpha value is -3.20. The van der Waals surface area contributed by atoms with Gasteiger partial charge in [0.1, 0.15) is 5.92 Å². The summed E-state index contributed by atoms with van der Waals surface area (Å²) in [5.41, 5.74) is 1.82. The number of hydrogen-bond donors (Lipinski definition) is 0. The summed E-state index contributed by atoms with van der Waals surface area (Å²) in [5.74, 6) is -1.14. The molecule has 0 bridgehead atoms. The highest BCUT2D eigenvalue weighted by Crippen LogP contribution is 2.42. The number of cyclic esters (lactones) is 1. The van der Waals surface area contributed by atoms with Crippen LogP contribution >= 0.6 is 0 Å². The largest absolute Gasteiger partial charge is 0.448 e. The monoisotopic (exact) mass is 384 g/mol. The highest BCUT2D eigenvalue weighted by atomic mass is 16.6. The predicted molar refractivity (Wildman–Crippen MR) is 112 cm³/mol. The summed E-state index contributed by atoms with van der Waals surface area (Å²) >= 11 is 0. The maximum Gasteiger partial charge on any atom is 0.317 e. The van der Waals surface area contributed by atoms with Crippen molar-refractivity contribution in [1.82, 2.24) is 0 Å². The molecule has 0 spiro atoms. The topological polar surface area (TPSA) is 43.4 Å². The van der Waals surface area contributed by atoms with Crippen LogP contribution in [0.1, 0.15) is 36.0 Å². The summed E-state index contributed by atoms with van der Waals surface area (Å²) in [6.07, 6.45) is 2.31. The fraction of sp³-hybridized carbons (Fsp3) is 0.231. The number of Topliss-reactive ketones (excluding diaryl/α,β-unsaturated/α-hetero) is 1. The SMILES string of the molecule is O=C1CC(c2ccccc2)(c2ccccc2)OC(=O)C1CCCc1ccccc1. The Morgan fingerprint density at radius 1 is 0.759 bits per heavy atom. The molecule has 0 aromatic heterocycles. The van der Waals surface area contributed by atoms with Crippen LogP contribution in [0.5, 0.6) is 0 Å². The molecule has 4 rings (SSSR count). The molecular weight excluding hydrogens is 360 g/mol. The summed E-state index contributed by atoms with van der Waals surface area (Å²) in [6, 6.07) is 29.3. The first kappa shape index (κ1) is 19.1. The van der Waals surface area contributed by atoms with Crippen molar-refractivity contribution in [3.8, 4) is 0 Å². The molecule has 3 aromatic carbocycles. The molecule has 1 heterocycles. The number of benzene rings is 3. The van der Waals surface area contributed by atoms with Gasteiger partial charge in [0.2, 0.25) is 0 Å². The number of hydrogen-bond acceptors (Lipinski definition) is 3. The second kappa shape index (κ2) is 8.44. The lowest BCUT2D eigenvalue weighted by Crippen LogP contribution is -2.46. The molecule has 0 aliphatic carbocycles. The third-order valence-electron chi connectivity index (χ3n) is 5.65. The smallest absolute Gasteiger partial charge is 0.317 e. The number of ketones is 1. The van der Waals surface area contributed by atoms with Crippen molar-refractivity contribution in [3.05, 3.63) is 108 Å². The van der Waals surface area contributed by atoms with E-state index in [2.05, 4.69) is 12.1 Å². The Morgan fingerprint density at radius 2 is 1.28 bits per heavy atom. The summed E-state index contributed by atoms with van der Waals surface area (Å²) in [6.45, 7) is 0. The zero-order valence-corrected chi connectivity index (χ0v) is 16.3. The molecule has 1 saturated heterocycles. The second-order valence-electron chi connectivity index (χ2n) is 7.55. The maximum absolute atomic E-state index is 13.1. The van der Waals surface area contributed by atoms with E-state index in [1.807, 2.05) is 78.9 Å². The normalized spacial score (nSPS) is 18.3. The number of carbonyl (C=O) groups excluding carboxylic acids is 2. The van der Waals surface area contributed by atoms with E-state index in [1.54, 1.807) is 0 Å². The van der Waals surface area contributed by atoms with Crippen molar-refractivity contribution < 1.29 is 14.3 Å². The lowest BCUT2D eigenvalue weighted by atomic mass is 9.76. The van der Waals surface area contributed by atoms with Gasteiger partial charge in [-0.25, -0.2) is 0 Å². The Kier molecular flexibility index (Phi) is 5.57. The molecule has 1 fully saturated rings. The summed E-state index contributed by atoms with van der Waals surface area (Å²) in [4.78, 5) is 26.1. The molecule has 3 aromatic rings. The molecule has 1 atom stereocenters. The van der Waals surface area contributed by atoms with Gasteiger partial charge in [-0.05, 0) is 24.8 Å². The van der Waals surface area contributed by atoms with Gasteiger partial charge in [0, 0.05) is 11.1 Å². The van der Waals surface area contributed by atoms with Crippen LogP contribution < -0.4 is 0 Å². The number of ether oxygens (including phenoxy) is 1. The number of rotatable bonds is 6. The van der Waals surface area contributed by atoms with Crippen LogP contribution in [-0.2, 0) is 26.3 Å². The van der Waals surface area contributed by atoms with Crippen molar-refractivity contribution in [2.75, 3.05) is 0 Å². The van der Waals surface area contributed by atoms with Crippen molar-refractivity contribution in [3.63, 3.8) is 0 Å².